The second kappa shape index (κ2) is 6.11. The average Bonchev–Trinajstić information content (AvgIpc) is 2.18. The molecule has 1 aromatic rings. The smallest absolute Gasteiger partial charge is 0.143 e. The highest BCUT2D eigenvalue weighted by molar-refractivity contribution is 9.10. The highest BCUT2D eigenvalue weighted by Gasteiger charge is 2.06. The number of ketones is 1. The van der Waals surface area contributed by atoms with Crippen molar-refractivity contribution in [3.8, 4) is 0 Å². The monoisotopic (exact) mass is 287 g/mol. The number of benzene rings is 1. The van der Waals surface area contributed by atoms with Crippen LogP contribution in [0.3, 0.4) is 0 Å². The summed E-state index contributed by atoms with van der Waals surface area (Å²) in [4.78, 5) is 12.8. The van der Waals surface area contributed by atoms with Crippen LogP contribution in [0.15, 0.2) is 22.7 Å². The maximum Gasteiger partial charge on any atom is 0.143 e. The van der Waals surface area contributed by atoms with Gasteiger partial charge in [-0.25, -0.2) is 4.39 Å². The van der Waals surface area contributed by atoms with E-state index in [1.54, 1.807) is 19.1 Å². The highest BCUT2D eigenvalue weighted by Crippen LogP contribution is 2.16. The number of halogens is 2. The van der Waals surface area contributed by atoms with Crippen LogP contribution >= 0.6 is 15.9 Å². The van der Waals surface area contributed by atoms with E-state index < -0.39 is 0 Å². The van der Waals surface area contributed by atoms with Crippen LogP contribution in [-0.2, 0) is 11.2 Å². The van der Waals surface area contributed by atoms with Crippen molar-refractivity contribution < 1.29 is 9.18 Å². The van der Waals surface area contributed by atoms with E-state index in [2.05, 4.69) is 15.9 Å². The zero-order chi connectivity index (χ0) is 12.1. The summed E-state index contributed by atoms with van der Waals surface area (Å²) >= 11 is 3.31. The van der Waals surface area contributed by atoms with Crippen molar-refractivity contribution in [2.75, 3.05) is 20.1 Å². The van der Waals surface area contributed by atoms with E-state index in [-0.39, 0.29) is 11.6 Å². The van der Waals surface area contributed by atoms with Gasteiger partial charge in [-0.15, -0.1) is 0 Å². The van der Waals surface area contributed by atoms with E-state index in [0.29, 0.717) is 25.1 Å². The first-order valence-corrected chi connectivity index (χ1v) is 5.90. The highest BCUT2D eigenvalue weighted by atomic mass is 79.9. The first-order chi connectivity index (χ1) is 7.49. The molecule has 0 spiro atoms. The van der Waals surface area contributed by atoms with E-state index in [1.807, 2.05) is 11.9 Å². The number of likely N-dealkylation sites (N-methyl/N-ethyl adjacent to an activating group) is 1. The van der Waals surface area contributed by atoms with Crippen molar-refractivity contribution in [2.45, 2.75) is 13.3 Å². The van der Waals surface area contributed by atoms with E-state index >= 15 is 0 Å². The van der Waals surface area contributed by atoms with Gasteiger partial charge in [0.25, 0.3) is 0 Å². The topological polar surface area (TPSA) is 20.3 Å². The molecule has 0 bridgehead atoms. The summed E-state index contributed by atoms with van der Waals surface area (Å²) in [5.41, 5.74) is 0.671. The molecule has 1 rings (SSSR count). The molecule has 0 aliphatic heterocycles. The van der Waals surface area contributed by atoms with Gasteiger partial charge >= 0.3 is 0 Å². The van der Waals surface area contributed by atoms with Crippen molar-refractivity contribution in [1.82, 2.24) is 4.90 Å². The number of rotatable bonds is 5. The van der Waals surface area contributed by atoms with Crippen LogP contribution in [0.25, 0.3) is 0 Å². The quantitative estimate of drug-likeness (QED) is 0.830. The van der Waals surface area contributed by atoms with E-state index in [4.69, 9.17) is 0 Å². The predicted octanol–water partition coefficient (Wildman–Crippen LogP) is 2.65. The first kappa shape index (κ1) is 13.3. The van der Waals surface area contributed by atoms with Crippen molar-refractivity contribution >= 4 is 21.7 Å². The summed E-state index contributed by atoms with van der Waals surface area (Å²) in [6.45, 7) is 2.64. The molecule has 0 saturated heterocycles. The fraction of sp³-hybridized carbons (Fsp3) is 0.417. The Labute approximate surface area is 104 Å². The molecular formula is C12H15BrFNO. The van der Waals surface area contributed by atoms with Gasteiger partial charge in [0, 0.05) is 11.0 Å². The number of hydrogen-bond donors (Lipinski definition) is 0. The lowest BCUT2D eigenvalue weighted by Gasteiger charge is -2.14. The minimum atomic E-state index is -0.195. The van der Waals surface area contributed by atoms with Gasteiger partial charge in [-0.3, -0.25) is 9.69 Å². The van der Waals surface area contributed by atoms with Gasteiger partial charge in [0.05, 0.1) is 6.54 Å². The molecule has 0 fully saturated rings. The number of carbonyl (C=O) groups excluding carboxylic acids is 1. The predicted molar refractivity (Wildman–Crippen MR) is 66.0 cm³/mol. The van der Waals surface area contributed by atoms with E-state index in [1.165, 1.54) is 6.07 Å². The number of carbonyl (C=O) groups is 1. The second-order valence-corrected chi connectivity index (χ2v) is 4.84. The lowest BCUT2D eigenvalue weighted by Crippen LogP contribution is -2.26. The van der Waals surface area contributed by atoms with E-state index in [0.717, 1.165) is 4.47 Å². The van der Waals surface area contributed by atoms with Crippen molar-refractivity contribution in [3.05, 3.63) is 34.1 Å². The lowest BCUT2D eigenvalue weighted by molar-refractivity contribution is -0.117. The number of hydrogen-bond acceptors (Lipinski definition) is 2. The molecule has 0 aliphatic rings. The third kappa shape index (κ3) is 4.41. The molecule has 2 nitrogen and oxygen atoms in total. The third-order valence-electron chi connectivity index (χ3n) is 2.26. The maximum atomic E-state index is 13.4. The second-order valence-electron chi connectivity index (χ2n) is 3.93. The van der Waals surface area contributed by atoms with Gasteiger partial charge in [-0.05, 0) is 44.2 Å². The molecule has 0 aliphatic carbocycles. The molecule has 0 atom stereocenters. The summed E-state index contributed by atoms with van der Waals surface area (Å²) in [7, 11) is 1.86. The fourth-order valence-electron chi connectivity index (χ4n) is 1.51. The Balaban J connectivity index is 2.54. The Bertz CT molecular complexity index is 381. The van der Waals surface area contributed by atoms with Crippen LogP contribution in [0.5, 0.6) is 0 Å². The van der Waals surface area contributed by atoms with E-state index in [9.17, 15) is 9.18 Å². The zero-order valence-corrected chi connectivity index (χ0v) is 11.1. The standard InChI is InChI=1S/C12H15BrFNO/c1-9(16)8-15(2)6-5-10-7-11(13)3-4-12(10)14/h3-4,7H,5-6,8H2,1-2H3. The lowest BCUT2D eigenvalue weighted by atomic mass is 10.1. The Kier molecular flexibility index (Phi) is 5.09. The molecule has 4 heteroatoms. The molecule has 16 heavy (non-hydrogen) atoms. The first-order valence-electron chi connectivity index (χ1n) is 5.11. The Morgan fingerprint density at radius 3 is 2.81 bits per heavy atom. The molecule has 0 amide bonds. The fourth-order valence-corrected chi connectivity index (χ4v) is 1.91. The molecular weight excluding hydrogens is 273 g/mol. The molecule has 1 aromatic carbocycles. The minimum absolute atomic E-state index is 0.122. The van der Waals surface area contributed by atoms with Crippen molar-refractivity contribution in [2.24, 2.45) is 0 Å². The van der Waals surface area contributed by atoms with Crippen LogP contribution in [0.2, 0.25) is 0 Å². The van der Waals surface area contributed by atoms with Crippen LogP contribution in [0.1, 0.15) is 12.5 Å². The largest absolute Gasteiger partial charge is 0.299 e. The molecule has 0 radical (unpaired) electrons. The van der Waals surface area contributed by atoms with Gasteiger partial charge < -0.3 is 0 Å². The maximum absolute atomic E-state index is 13.4. The van der Waals surface area contributed by atoms with Gasteiger partial charge in [-0.2, -0.15) is 0 Å². The third-order valence-corrected chi connectivity index (χ3v) is 2.76. The summed E-state index contributed by atoms with van der Waals surface area (Å²) < 4.78 is 14.2. The van der Waals surface area contributed by atoms with Crippen LogP contribution in [0, 0.1) is 5.82 Å². The van der Waals surface area contributed by atoms with Crippen LogP contribution < -0.4 is 0 Å². The number of nitrogens with zero attached hydrogens (tertiary/aromatic N) is 1. The van der Waals surface area contributed by atoms with Gasteiger partial charge in [0.1, 0.15) is 11.6 Å². The average molecular weight is 288 g/mol. The van der Waals surface area contributed by atoms with Crippen molar-refractivity contribution in [1.29, 1.82) is 0 Å². The van der Waals surface area contributed by atoms with Gasteiger partial charge in [0.2, 0.25) is 0 Å². The molecule has 0 saturated carbocycles. The Morgan fingerprint density at radius 2 is 2.19 bits per heavy atom. The normalized spacial score (nSPS) is 10.8. The van der Waals surface area contributed by atoms with Gasteiger partial charge in [0.15, 0.2) is 0 Å². The molecule has 0 unspecified atom stereocenters. The van der Waals surface area contributed by atoms with Crippen molar-refractivity contribution in [3.63, 3.8) is 0 Å². The summed E-state index contributed by atoms with van der Waals surface area (Å²) in [5.74, 6) is -0.0726. The molecule has 88 valence electrons. The minimum Gasteiger partial charge on any atom is -0.299 e. The molecule has 0 N–H and O–H groups in total. The Hall–Kier alpha value is -0.740. The Morgan fingerprint density at radius 1 is 1.50 bits per heavy atom. The number of Topliss-reactive ketones (excluding diaryl/α,β-unsaturated/α-hetero) is 1. The van der Waals surface area contributed by atoms with Gasteiger partial charge in [-0.1, -0.05) is 15.9 Å². The zero-order valence-electron chi connectivity index (χ0n) is 9.46. The SMILES string of the molecule is CC(=O)CN(C)CCc1cc(Br)ccc1F. The molecule has 0 aromatic heterocycles. The van der Waals surface area contributed by atoms with Crippen LogP contribution in [-0.4, -0.2) is 30.8 Å². The summed E-state index contributed by atoms with van der Waals surface area (Å²) in [6.07, 6.45) is 0.606. The summed E-state index contributed by atoms with van der Waals surface area (Å²) in [6, 6.07) is 4.90. The van der Waals surface area contributed by atoms with Crippen LogP contribution in [0.4, 0.5) is 4.39 Å². The molecule has 0 heterocycles. The summed E-state index contributed by atoms with van der Waals surface area (Å²) in [5, 5.41) is 0.